The van der Waals surface area contributed by atoms with Crippen LogP contribution < -0.4 is 5.32 Å². The van der Waals surface area contributed by atoms with Gasteiger partial charge in [0.05, 0.1) is 17.4 Å². The number of amides is 1. The summed E-state index contributed by atoms with van der Waals surface area (Å²) in [7, 11) is 0. The molecule has 1 unspecified atom stereocenters. The minimum atomic E-state index is -1.11. The number of rotatable bonds is 9. The molecule has 0 rings (SSSR count). The summed E-state index contributed by atoms with van der Waals surface area (Å²) in [5, 5.41) is 27.7. The van der Waals surface area contributed by atoms with Crippen LogP contribution in [0.4, 0.5) is 0 Å². The van der Waals surface area contributed by atoms with Gasteiger partial charge in [-0.1, -0.05) is 0 Å². The molecule has 1 amide bonds. The Bertz CT molecular complexity index is 310. The van der Waals surface area contributed by atoms with Crippen molar-refractivity contribution in [3.8, 4) is 0 Å². The highest BCUT2D eigenvalue weighted by molar-refractivity contribution is 7.98. The van der Waals surface area contributed by atoms with E-state index in [2.05, 4.69) is 10.2 Å². The van der Waals surface area contributed by atoms with Crippen LogP contribution in [0.5, 0.6) is 0 Å². The maximum atomic E-state index is 11.9. The van der Waals surface area contributed by atoms with Crippen LogP contribution in [-0.2, 0) is 14.4 Å². The molecular weight excluding hydrogens is 276 g/mol. The number of nitrogens with one attached hydrogen (secondary N) is 1. The van der Waals surface area contributed by atoms with Gasteiger partial charge in [0.2, 0.25) is 5.91 Å². The van der Waals surface area contributed by atoms with Crippen LogP contribution in [0.3, 0.4) is 0 Å². The van der Waals surface area contributed by atoms with Crippen molar-refractivity contribution in [1.29, 1.82) is 0 Å². The zero-order valence-electron chi connectivity index (χ0n) is 11.1. The molecule has 0 saturated heterocycles. The standard InChI is InChI=1S/C10H20N2O6S/c1-10(2,6-18-12(16)17)9(15)11-7(8(13)14)4-5-19-3/h7,16-17H,4-6H2,1-3H3,(H,11,15)(H,13,14). The Morgan fingerprint density at radius 1 is 1.42 bits per heavy atom. The predicted molar refractivity (Wildman–Crippen MR) is 67.7 cm³/mol. The number of nitrogens with zero attached hydrogens (tertiary/aromatic N) is 1. The summed E-state index contributed by atoms with van der Waals surface area (Å²) in [5.41, 5.74) is -1.10. The lowest BCUT2D eigenvalue weighted by Gasteiger charge is -2.25. The zero-order chi connectivity index (χ0) is 15.1. The lowest BCUT2D eigenvalue weighted by molar-refractivity contribution is -0.495. The van der Waals surface area contributed by atoms with E-state index in [0.717, 1.165) is 0 Å². The van der Waals surface area contributed by atoms with Crippen molar-refractivity contribution >= 4 is 23.6 Å². The van der Waals surface area contributed by atoms with Crippen molar-refractivity contribution in [1.82, 2.24) is 10.7 Å². The van der Waals surface area contributed by atoms with Gasteiger partial charge in [-0.2, -0.15) is 11.8 Å². The number of thioether (sulfide) groups is 1. The highest BCUT2D eigenvalue weighted by Crippen LogP contribution is 2.17. The van der Waals surface area contributed by atoms with Crippen LogP contribution in [0.15, 0.2) is 0 Å². The molecule has 0 heterocycles. The molecule has 0 saturated carbocycles. The van der Waals surface area contributed by atoms with E-state index < -0.39 is 28.7 Å². The molecule has 1 atom stereocenters. The van der Waals surface area contributed by atoms with Crippen LogP contribution in [0, 0.1) is 5.41 Å². The van der Waals surface area contributed by atoms with E-state index in [0.29, 0.717) is 12.2 Å². The summed E-state index contributed by atoms with van der Waals surface area (Å²) in [4.78, 5) is 27.3. The first kappa shape index (κ1) is 18.1. The van der Waals surface area contributed by atoms with Gasteiger partial charge in [0.25, 0.3) is 0 Å². The molecule has 0 spiro atoms. The van der Waals surface area contributed by atoms with E-state index in [1.165, 1.54) is 25.6 Å². The maximum absolute atomic E-state index is 11.9. The molecule has 19 heavy (non-hydrogen) atoms. The summed E-state index contributed by atoms with van der Waals surface area (Å²) in [6.07, 6.45) is 2.15. The Kier molecular flexibility index (Phi) is 7.95. The van der Waals surface area contributed by atoms with Gasteiger partial charge in [-0.05, 0) is 32.3 Å². The van der Waals surface area contributed by atoms with E-state index in [4.69, 9.17) is 15.5 Å². The first-order valence-corrected chi connectivity index (χ1v) is 6.93. The lowest BCUT2D eigenvalue weighted by Crippen LogP contribution is -2.48. The number of hydrogen-bond donors (Lipinski definition) is 4. The molecule has 0 aromatic rings. The van der Waals surface area contributed by atoms with Gasteiger partial charge in [0, 0.05) is 0 Å². The monoisotopic (exact) mass is 296 g/mol. The fraction of sp³-hybridized carbons (Fsp3) is 0.800. The first-order valence-electron chi connectivity index (χ1n) is 5.54. The number of aliphatic carboxylic acids is 1. The number of carboxylic acids is 1. The fourth-order valence-electron chi connectivity index (χ4n) is 1.13. The highest BCUT2D eigenvalue weighted by atomic mass is 32.2. The van der Waals surface area contributed by atoms with Crippen LogP contribution in [0.1, 0.15) is 20.3 Å². The van der Waals surface area contributed by atoms with Crippen LogP contribution >= 0.6 is 11.8 Å². The molecular formula is C10H20N2O6S. The average molecular weight is 296 g/mol. The zero-order valence-corrected chi connectivity index (χ0v) is 11.9. The summed E-state index contributed by atoms with van der Waals surface area (Å²) in [6, 6.07) is -0.974. The summed E-state index contributed by atoms with van der Waals surface area (Å²) in [6.45, 7) is 2.69. The smallest absolute Gasteiger partial charge is 0.326 e. The molecule has 0 aromatic heterocycles. The first-order chi connectivity index (χ1) is 8.70. The Morgan fingerprint density at radius 3 is 2.42 bits per heavy atom. The van der Waals surface area contributed by atoms with E-state index in [9.17, 15) is 9.59 Å². The number of carbonyl (C=O) groups is 2. The van der Waals surface area contributed by atoms with Gasteiger partial charge in [-0.25, -0.2) is 9.63 Å². The van der Waals surface area contributed by atoms with Crippen molar-refractivity contribution < 1.29 is 29.9 Å². The quantitative estimate of drug-likeness (QED) is 0.450. The second-order valence-corrected chi connectivity index (χ2v) is 5.54. The Labute approximate surface area is 115 Å². The molecule has 0 aliphatic rings. The van der Waals surface area contributed by atoms with Crippen LogP contribution in [-0.4, -0.2) is 57.4 Å². The number of hydrogen-bond acceptors (Lipinski definition) is 7. The second kappa shape index (κ2) is 8.33. The average Bonchev–Trinajstić information content (AvgIpc) is 2.31. The molecule has 8 nitrogen and oxygen atoms in total. The van der Waals surface area contributed by atoms with Crippen molar-refractivity contribution in [2.24, 2.45) is 5.41 Å². The van der Waals surface area contributed by atoms with Gasteiger partial charge >= 0.3 is 5.97 Å². The third kappa shape index (κ3) is 7.33. The largest absolute Gasteiger partial charge is 0.480 e. The Morgan fingerprint density at radius 2 is 2.00 bits per heavy atom. The van der Waals surface area contributed by atoms with E-state index in [1.807, 2.05) is 6.26 Å². The molecule has 0 fully saturated rings. The highest BCUT2D eigenvalue weighted by Gasteiger charge is 2.32. The molecule has 0 aliphatic carbocycles. The molecule has 4 N–H and O–H groups in total. The molecule has 0 aliphatic heterocycles. The van der Waals surface area contributed by atoms with Crippen LogP contribution in [0.25, 0.3) is 0 Å². The number of carboxylic acid groups (broad SMARTS) is 1. The molecule has 0 aromatic carbocycles. The molecule has 0 radical (unpaired) electrons. The number of carbonyl (C=O) groups excluding carboxylic acids is 1. The van der Waals surface area contributed by atoms with Gasteiger partial charge in [0.1, 0.15) is 6.04 Å². The SMILES string of the molecule is CSCCC(NC(=O)C(C)(C)CON(O)O)C(=O)O. The van der Waals surface area contributed by atoms with Gasteiger partial charge in [0.15, 0.2) is 0 Å². The summed E-state index contributed by atoms with van der Waals surface area (Å²) in [5.74, 6) is -1.04. The van der Waals surface area contributed by atoms with Gasteiger partial charge in [-0.15, -0.1) is 0 Å². The second-order valence-electron chi connectivity index (χ2n) is 4.56. The Balaban J connectivity index is 4.48. The van der Waals surface area contributed by atoms with E-state index in [1.54, 1.807) is 0 Å². The Hall–Kier alpha value is -0.870. The third-order valence-corrected chi connectivity index (χ3v) is 3.01. The van der Waals surface area contributed by atoms with Crippen LogP contribution in [0.2, 0.25) is 0 Å². The topological polar surface area (TPSA) is 119 Å². The van der Waals surface area contributed by atoms with Crippen molar-refractivity contribution in [3.05, 3.63) is 0 Å². The third-order valence-electron chi connectivity index (χ3n) is 2.37. The van der Waals surface area contributed by atoms with Crippen molar-refractivity contribution in [3.63, 3.8) is 0 Å². The maximum Gasteiger partial charge on any atom is 0.326 e. The summed E-state index contributed by atoms with van der Waals surface area (Å²) < 4.78 is 0. The minimum Gasteiger partial charge on any atom is -0.480 e. The minimum absolute atomic E-state index is 0.305. The summed E-state index contributed by atoms with van der Waals surface area (Å²) >= 11 is 1.48. The van der Waals surface area contributed by atoms with Gasteiger partial charge < -0.3 is 10.4 Å². The van der Waals surface area contributed by atoms with E-state index in [-0.39, 0.29) is 6.61 Å². The van der Waals surface area contributed by atoms with E-state index >= 15 is 0 Å². The van der Waals surface area contributed by atoms with Crippen molar-refractivity contribution in [2.75, 3.05) is 18.6 Å². The normalized spacial score (nSPS) is 13.4. The predicted octanol–water partition coefficient (Wildman–Crippen LogP) is 0.347. The molecule has 9 heteroatoms. The lowest BCUT2D eigenvalue weighted by atomic mass is 9.93. The molecule has 0 bridgehead atoms. The van der Waals surface area contributed by atoms with Crippen molar-refractivity contribution in [2.45, 2.75) is 26.3 Å². The van der Waals surface area contributed by atoms with Gasteiger partial charge in [-0.3, -0.25) is 15.2 Å². The molecule has 112 valence electrons. The fourth-order valence-corrected chi connectivity index (χ4v) is 1.60.